The second kappa shape index (κ2) is 4.30. The standard InChI is InChI=1S/C20H11ClO2/c21-14-9-15(22)18-16-10-5-1-3-7-12(10)17(19(18)20(14)23)13-8-4-2-6-11(13)16/h1-9,16-17H. The van der Waals surface area contributed by atoms with E-state index in [2.05, 4.69) is 24.3 Å². The summed E-state index contributed by atoms with van der Waals surface area (Å²) in [6.45, 7) is 0. The van der Waals surface area contributed by atoms with Crippen LogP contribution in [0.2, 0.25) is 0 Å². The highest BCUT2D eigenvalue weighted by atomic mass is 35.5. The van der Waals surface area contributed by atoms with Gasteiger partial charge in [0.2, 0.25) is 5.78 Å². The van der Waals surface area contributed by atoms with Gasteiger partial charge in [0.15, 0.2) is 5.78 Å². The second-order valence-electron chi connectivity index (χ2n) is 6.14. The summed E-state index contributed by atoms with van der Waals surface area (Å²) in [4.78, 5) is 25.3. The Morgan fingerprint density at radius 3 is 1.61 bits per heavy atom. The number of halogens is 1. The number of allylic oxidation sites excluding steroid dienone is 4. The molecule has 6 rings (SSSR count). The molecule has 23 heavy (non-hydrogen) atoms. The first-order valence-electron chi connectivity index (χ1n) is 7.56. The maximum atomic E-state index is 12.7. The molecule has 4 aliphatic carbocycles. The zero-order chi connectivity index (χ0) is 15.7. The lowest BCUT2D eigenvalue weighted by atomic mass is 9.58. The summed E-state index contributed by atoms with van der Waals surface area (Å²) in [7, 11) is 0. The molecule has 2 bridgehead atoms. The van der Waals surface area contributed by atoms with Crippen LogP contribution in [0.25, 0.3) is 0 Å². The third-order valence-electron chi connectivity index (χ3n) is 5.09. The number of ketones is 2. The second-order valence-corrected chi connectivity index (χ2v) is 6.54. The molecule has 0 heterocycles. The summed E-state index contributed by atoms with van der Waals surface area (Å²) >= 11 is 6.03. The van der Waals surface area contributed by atoms with Crippen LogP contribution in [0.15, 0.2) is 70.8 Å². The molecular formula is C20H11ClO2. The zero-order valence-corrected chi connectivity index (χ0v) is 12.8. The molecule has 0 aliphatic heterocycles. The predicted molar refractivity (Wildman–Crippen MR) is 87.5 cm³/mol. The van der Waals surface area contributed by atoms with E-state index < -0.39 is 0 Å². The number of hydrogen-bond acceptors (Lipinski definition) is 2. The van der Waals surface area contributed by atoms with Gasteiger partial charge in [0.1, 0.15) is 0 Å². The number of benzene rings is 2. The maximum Gasteiger partial charge on any atom is 0.201 e. The lowest BCUT2D eigenvalue weighted by molar-refractivity contribution is -0.116. The zero-order valence-electron chi connectivity index (χ0n) is 12.0. The minimum absolute atomic E-state index is 0.0243. The molecule has 0 fully saturated rings. The molecule has 0 spiro atoms. The average molecular weight is 319 g/mol. The molecule has 0 N–H and O–H groups in total. The lowest BCUT2D eigenvalue weighted by Crippen LogP contribution is -2.35. The van der Waals surface area contributed by atoms with Crippen LogP contribution in [0.3, 0.4) is 0 Å². The molecule has 0 unspecified atom stereocenters. The molecular weight excluding hydrogens is 308 g/mol. The van der Waals surface area contributed by atoms with Crippen molar-refractivity contribution < 1.29 is 9.59 Å². The van der Waals surface area contributed by atoms with Gasteiger partial charge in [0.05, 0.1) is 5.03 Å². The number of hydrogen-bond donors (Lipinski definition) is 0. The minimum atomic E-state index is -0.208. The molecule has 110 valence electrons. The summed E-state index contributed by atoms with van der Waals surface area (Å²) in [5, 5.41) is 0.0243. The van der Waals surface area contributed by atoms with Crippen LogP contribution >= 0.6 is 11.6 Å². The van der Waals surface area contributed by atoms with Crippen LogP contribution in [0.5, 0.6) is 0 Å². The normalized spacial score (nSPS) is 24.1. The fourth-order valence-corrected chi connectivity index (χ4v) is 4.46. The van der Waals surface area contributed by atoms with Gasteiger partial charge >= 0.3 is 0 Å². The lowest BCUT2D eigenvalue weighted by Gasteiger charge is -2.43. The van der Waals surface area contributed by atoms with Crippen LogP contribution in [-0.4, -0.2) is 11.6 Å². The van der Waals surface area contributed by atoms with Crippen molar-refractivity contribution in [2.45, 2.75) is 11.8 Å². The van der Waals surface area contributed by atoms with Crippen molar-refractivity contribution in [3.8, 4) is 0 Å². The minimum Gasteiger partial charge on any atom is -0.290 e. The van der Waals surface area contributed by atoms with E-state index in [0.717, 1.165) is 22.3 Å². The van der Waals surface area contributed by atoms with Crippen molar-refractivity contribution in [1.82, 2.24) is 0 Å². The van der Waals surface area contributed by atoms with Gasteiger partial charge in [-0.05, 0) is 22.3 Å². The number of rotatable bonds is 0. The monoisotopic (exact) mass is 318 g/mol. The van der Waals surface area contributed by atoms with Gasteiger partial charge in [-0.1, -0.05) is 60.1 Å². The molecule has 4 aliphatic rings. The van der Waals surface area contributed by atoms with E-state index in [1.807, 2.05) is 24.3 Å². The van der Waals surface area contributed by atoms with E-state index in [-0.39, 0.29) is 28.4 Å². The first kappa shape index (κ1) is 13.0. The first-order chi connectivity index (χ1) is 11.2. The SMILES string of the molecule is O=C1C=C(Cl)C(=O)C2=C1C1c3ccccc3C2c2ccccc21. The van der Waals surface area contributed by atoms with Gasteiger partial charge in [0, 0.05) is 29.1 Å². The highest BCUT2D eigenvalue weighted by Gasteiger charge is 2.48. The third kappa shape index (κ3) is 1.49. The molecule has 3 heteroatoms. The first-order valence-corrected chi connectivity index (χ1v) is 7.94. The van der Waals surface area contributed by atoms with E-state index in [1.54, 1.807) is 0 Å². The Balaban J connectivity index is 1.90. The summed E-state index contributed by atoms with van der Waals surface area (Å²) in [6.07, 6.45) is 1.27. The number of Topliss-reactive ketones (excluding diaryl/α,β-unsaturated/α-hetero) is 1. The van der Waals surface area contributed by atoms with Gasteiger partial charge < -0.3 is 0 Å². The molecule has 0 saturated heterocycles. The average Bonchev–Trinajstić information content (AvgIpc) is 2.59. The van der Waals surface area contributed by atoms with Crippen molar-refractivity contribution in [1.29, 1.82) is 0 Å². The summed E-state index contributed by atoms with van der Waals surface area (Å²) in [6, 6.07) is 16.2. The Hall–Kier alpha value is -2.45. The molecule has 0 radical (unpaired) electrons. The van der Waals surface area contributed by atoms with Crippen molar-refractivity contribution in [3.63, 3.8) is 0 Å². The molecule has 0 aromatic heterocycles. The van der Waals surface area contributed by atoms with E-state index >= 15 is 0 Å². The smallest absolute Gasteiger partial charge is 0.201 e. The largest absolute Gasteiger partial charge is 0.290 e. The molecule has 0 atom stereocenters. The Labute approximate surface area is 138 Å². The van der Waals surface area contributed by atoms with Gasteiger partial charge in [-0.25, -0.2) is 0 Å². The quantitative estimate of drug-likeness (QED) is 0.691. The van der Waals surface area contributed by atoms with E-state index in [0.29, 0.717) is 11.1 Å². The molecule has 0 amide bonds. The van der Waals surface area contributed by atoms with Gasteiger partial charge in [-0.3, -0.25) is 9.59 Å². The van der Waals surface area contributed by atoms with Crippen LogP contribution in [0.4, 0.5) is 0 Å². The Bertz CT molecular complexity index is 933. The van der Waals surface area contributed by atoms with E-state index in [1.165, 1.54) is 6.08 Å². The van der Waals surface area contributed by atoms with Crippen LogP contribution in [-0.2, 0) is 9.59 Å². The summed E-state index contributed by atoms with van der Waals surface area (Å²) in [5.41, 5.74) is 5.67. The van der Waals surface area contributed by atoms with Gasteiger partial charge in [0.25, 0.3) is 0 Å². The fourth-order valence-electron chi connectivity index (χ4n) is 4.26. The Morgan fingerprint density at radius 2 is 1.13 bits per heavy atom. The topological polar surface area (TPSA) is 34.1 Å². The predicted octanol–water partition coefficient (Wildman–Crippen LogP) is 3.85. The van der Waals surface area contributed by atoms with Gasteiger partial charge in [-0.2, -0.15) is 0 Å². The highest BCUT2D eigenvalue weighted by Crippen LogP contribution is 2.57. The molecule has 2 nitrogen and oxygen atoms in total. The number of carbonyl (C=O) groups is 2. The van der Waals surface area contributed by atoms with Crippen LogP contribution in [0.1, 0.15) is 34.1 Å². The maximum absolute atomic E-state index is 12.7. The number of carbonyl (C=O) groups excluding carboxylic acids is 2. The summed E-state index contributed by atoms with van der Waals surface area (Å²) < 4.78 is 0. The Morgan fingerprint density at radius 1 is 0.696 bits per heavy atom. The molecule has 2 aromatic carbocycles. The summed E-state index contributed by atoms with van der Waals surface area (Å²) in [5.74, 6) is -0.704. The Kier molecular flexibility index (Phi) is 2.44. The highest BCUT2D eigenvalue weighted by molar-refractivity contribution is 6.49. The molecule has 2 aromatic rings. The van der Waals surface area contributed by atoms with E-state index in [4.69, 9.17) is 11.6 Å². The fraction of sp³-hybridized carbons (Fsp3) is 0.100. The van der Waals surface area contributed by atoms with Crippen molar-refractivity contribution in [2.24, 2.45) is 0 Å². The molecule has 0 saturated carbocycles. The van der Waals surface area contributed by atoms with Crippen LogP contribution in [0, 0.1) is 0 Å². The van der Waals surface area contributed by atoms with Crippen molar-refractivity contribution in [3.05, 3.63) is 93.0 Å². The third-order valence-corrected chi connectivity index (χ3v) is 5.37. The van der Waals surface area contributed by atoms with E-state index in [9.17, 15) is 9.59 Å². The van der Waals surface area contributed by atoms with Crippen molar-refractivity contribution in [2.75, 3.05) is 0 Å². The van der Waals surface area contributed by atoms with Crippen molar-refractivity contribution >= 4 is 23.2 Å². The van der Waals surface area contributed by atoms with Crippen LogP contribution < -0.4 is 0 Å². The van der Waals surface area contributed by atoms with Gasteiger partial charge in [-0.15, -0.1) is 0 Å².